The molecule has 0 atom stereocenters. The van der Waals surface area contributed by atoms with E-state index >= 15 is 0 Å². The Labute approximate surface area is 88.7 Å². The van der Waals surface area contributed by atoms with Crippen molar-refractivity contribution in [1.82, 2.24) is 24.8 Å². The molecule has 0 aromatic carbocycles. The molecule has 8 heteroatoms. The van der Waals surface area contributed by atoms with E-state index in [4.69, 9.17) is 0 Å². The third-order valence-electron chi connectivity index (χ3n) is 1.67. The van der Waals surface area contributed by atoms with Crippen molar-refractivity contribution in [3.8, 4) is 0 Å². The van der Waals surface area contributed by atoms with Gasteiger partial charge in [0.25, 0.3) is 5.91 Å². The van der Waals surface area contributed by atoms with Gasteiger partial charge >= 0.3 is 0 Å². The molecule has 0 N–H and O–H groups in total. The van der Waals surface area contributed by atoms with Crippen molar-refractivity contribution in [3.63, 3.8) is 0 Å². The zero-order chi connectivity index (χ0) is 10.7. The summed E-state index contributed by atoms with van der Waals surface area (Å²) in [6.07, 6.45) is 3.22. The number of rotatable bonds is 2. The zero-order valence-corrected chi connectivity index (χ0v) is 8.76. The molecule has 0 radical (unpaired) electrons. The summed E-state index contributed by atoms with van der Waals surface area (Å²) in [5, 5.41) is 12.3. The van der Waals surface area contributed by atoms with Crippen LogP contribution in [0.4, 0.5) is 0 Å². The number of thiazole rings is 1. The van der Waals surface area contributed by atoms with Crippen LogP contribution in [0.25, 0.3) is 0 Å². The van der Waals surface area contributed by atoms with E-state index in [1.807, 2.05) is 18.6 Å². The normalized spacial score (nSPS) is 11.9. The molecule has 0 saturated heterocycles. The smallest absolute Gasteiger partial charge is 0.270 e. The highest BCUT2D eigenvalue weighted by Gasteiger charge is 2.02. The number of tetrazole rings is 1. The van der Waals surface area contributed by atoms with Crippen LogP contribution < -0.4 is 4.80 Å². The number of nitrogens with zero attached hydrogens (tertiary/aromatic N) is 6. The molecule has 0 saturated carbocycles. The van der Waals surface area contributed by atoms with E-state index in [1.165, 1.54) is 22.3 Å². The Hall–Kier alpha value is -1.83. The monoisotopic (exact) mass is 224 g/mol. The molecule has 0 aliphatic carbocycles. The molecular weight excluding hydrogens is 216 g/mol. The number of carbonyl (C=O) groups is 1. The van der Waals surface area contributed by atoms with E-state index in [-0.39, 0.29) is 12.5 Å². The van der Waals surface area contributed by atoms with Crippen LogP contribution in [-0.2, 0) is 18.4 Å². The van der Waals surface area contributed by atoms with Crippen molar-refractivity contribution in [2.75, 3.05) is 0 Å². The molecule has 0 aliphatic heterocycles. The molecule has 1 amide bonds. The van der Waals surface area contributed by atoms with Crippen molar-refractivity contribution >= 4 is 17.2 Å². The van der Waals surface area contributed by atoms with Gasteiger partial charge in [-0.1, -0.05) is 0 Å². The first-order chi connectivity index (χ1) is 7.25. The summed E-state index contributed by atoms with van der Waals surface area (Å²) >= 11 is 1.41. The molecule has 0 fully saturated rings. The van der Waals surface area contributed by atoms with Crippen molar-refractivity contribution in [2.24, 2.45) is 12.0 Å². The Bertz CT molecular complexity index is 510. The van der Waals surface area contributed by atoms with E-state index in [9.17, 15) is 4.79 Å². The Balaban J connectivity index is 2.14. The predicted octanol–water partition coefficient (Wildman–Crippen LogP) is -0.799. The van der Waals surface area contributed by atoms with Gasteiger partial charge in [0.15, 0.2) is 4.80 Å². The topological polar surface area (TPSA) is 78.0 Å². The van der Waals surface area contributed by atoms with Crippen LogP contribution in [0.2, 0.25) is 0 Å². The lowest BCUT2D eigenvalue weighted by atomic mass is 10.6. The maximum atomic E-state index is 11.4. The van der Waals surface area contributed by atoms with Crippen molar-refractivity contribution < 1.29 is 4.79 Å². The lowest BCUT2D eigenvalue weighted by Gasteiger charge is -1.92. The average molecular weight is 224 g/mol. The van der Waals surface area contributed by atoms with E-state index in [1.54, 1.807) is 4.57 Å². The molecule has 2 heterocycles. The lowest BCUT2D eigenvalue weighted by Crippen LogP contribution is -2.16. The van der Waals surface area contributed by atoms with Gasteiger partial charge in [-0.05, 0) is 10.4 Å². The Morgan fingerprint density at radius 3 is 3.13 bits per heavy atom. The third kappa shape index (κ3) is 2.34. The molecule has 0 spiro atoms. The highest BCUT2D eigenvalue weighted by molar-refractivity contribution is 7.07. The Morgan fingerprint density at radius 1 is 1.67 bits per heavy atom. The SMILES string of the molecule is Cn1ccsc1=NC(=O)Cn1cnnn1. The molecule has 7 nitrogen and oxygen atoms in total. The highest BCUT2D eigenvalue weighted by Crippen LogP contribution is 1.88. The second kappa shape index (κ2) is 4.13. The van der Waals surface area contributed by atoms with E-state index in [0.29, 0.717) is 4.80 Å². The molecule has 15 heavy (non-hydrogen) atoms. The van der Waals surface area contributed by atoms with Crippen molar-refractivity contribution in [1.29, 1.82) is 0 Å². The Kier molecular flexibility index (Phi) is 2.68. The van der Waals surface area contributed by atoms with Gasteiger partial charge in [0.05, 0.1) is 0 Å². The van der Waals surface area contributed by atoms with Gasteiger partial charge in [0.1, 0.15) is 12.9 Å². The van der Waals surface area contributed by atoms with Crippen LogP contribution in [0, 0.1) is 0 Å². The molecule has 0 aliphatic rings. The summed E-state index contributed by atoms with van der Waals surface area (Å²) in [7, 11) is 1.83. The van der Waals surface area contributed by atoms with E-state index in [0.717, 1.165) is 0 Å². The molecule has 0 bridgehead atoms. The number of hydrogen-bond acceptors (Lipinski definition) is 5. The number of carbonyl (C=O) groups excluding carboxylic acids is 1. The maximum absolute atomic E-state index is 11.4. The standard InChI is InChI=1S/C7H8N6OS/c1-12-2-3-15-7(12)9-6(14)4-13-5-8-10-11-13/h2-3,5H,4H2,1H3. The maximum Gasteiger partial charge on any atom is 0.270 e. The van der Waals surface area contributed by atoms with Gasteiger partial charge in [-0.3, -0.25) is 4.79 Å². The lowest BCUT2D eigenvalue weighted by molar-refractivity contribution is -0.118. The summed E-state index contributed by atoms with van der Waals surface area (Å²) in [4.78, 5) is 16.0. The quantitative estimate of drug-likeness (QED) is 0.669. The summed E-state index contributed by atoms with van der Waals surface area (Å²) in [6, 6.07) is 0. The fourth-order valence-electron chi connectivity index (χ4n) is 0.968. The van der Waals surface area contributed by atoms with Crippen LogP contribution >= 0.6 is 11.3 Å². The van der Waals surface area contributed by atoms with Gasteiger partial charge < -0.3 is 4.57 Å². The van der Waals surface area contributed by atoms with Crippen LogP contribution in [-0.4, -0.2) is 30.7 Å². The molecule has 2 aromatic heterocycles. The minimum atomic E-state index is -0.277. The minimum absolute atomic E-state index is 0.0604. The first-order valence-corrected chi connectivity index (χ1v) is 5.02. The van der Waals surface area contributed by atoms with Crippen LogP contribution in [0.5, 0.6) is 0 Å². The van der Waals surface area contributed by atoms with E-state index < -0.39 is 0 Å². The first-order valence-electron chi connectivity index (χ1n) is 4.14. The van der Waals surface area contributed by atoms with Crippen molar-refractivity contribution in [2.45, 2.75) is 6.54 Å². The predicted molar refractivity (Wildman–Crippen MR) is 51.7 cm³/mol. The number of aryl methyl sites for hydroxylation is 1. The summed E-state index contributed by atoms with van der Waals surface area (Å²) in [6.45, 7) is 0.0604. The van der Waals surface area contributed by atoms with Gasteiger partial charge in [-0.15, -0.1) is 16.4 Å². The second-order valence-electron chi connectivity index (χ2n) is 2.81. The van der Waals surface area contributed by atoms with Crippen molar-refractivity contribution in [3.05, 3.63) is 22.7 Å². The van der Waals surface area contributed by atoms with Gasteiger partial charge in [0, 0.05) is 18.6 Å². The molecule has 2 rings (SSSR count). The largest absolute Gasteiger partial charge is 0.327 e. The Morgan fingerprint density at radius 2 is 2.53 bits per heavy atom. The van der Waals surface area contributed by atoms with Crippen LogP contribution in [0.3, 0.4) is 0 Å². The molecular formula is C7H8N6OS. The molecule has 2 aromatic rings. The summed E-state index contributed by atoms with van der Waals surface area (Å²) < 4.78 is 3.11. The molecule has 0 unspecified atom stereocenters. The fourth-order valence-corrected chi connectivity index (χ4v) is 1.71. The molecule has 78 valence electrons. The number of amides is 1. The average Bonchev–Trinajstić information content (AvgIpc) is 2.79. The zero-order valence-electron chi connectivity index (χ0n) is 7.94. The minimum Gasteiger partial charge on any atom is -0.327 e. The van der Waals surface area contributed by atoms with Gasteiger partial charge in [-0.2, -0.15) is 4.99 Å². The first kappa shape index (κ1) is 9.71. The number of aromatic nitrogens is 5. The number of hydrogen-bond donors (Lipinski definition) is 0. The van der Waals surface area contributed by atoms with Gasteiger partial charge in [-0.25, -0.2) is 4.68 Å². The van der Waals surface area contributed by atoms with Gasteiger partial charge in [0.2, 0.25) is 0 Å². The van der Waals surface area contributed by atoms with E-state index in [2.05, 4.69) is 20.5 Å². The van der Waals surface area contributed by atoms with Crippen LogP contribution in [0.1, 0.15) is 0 Å². The summed E-state index contributed by atoms with van der Waals surface area (Å²) in [5.74, 6) is -0.277. The van der Waals surface area contributed by atoms with Crippen LogP contribution in [0.15, 0.2) is 22.9 Å². The highest BCUT2D eigenvalue weighted by atomic mass is 32.1. The fraction of sp³-hybridized carbons (Fsp3) is 0.286. The summed E-state index contributed by atoms with van der Waals surface area (Å²) in [5.41, 5.74) is 0. The second-order valence-corrected chi connectivity index (χ2v) is 3.68. The third-order valence-corrected chi connectivity index (χ3v) is 2.52.